The summed E-state index contributed by atoms with van der Waals surface area (Å²) in [7, 11) is 0. The van der Waals surface area contributed by atoms with Gasteiger partial charge in [-0.15, -0.1) is 0 Å². The van der Waals surface area contributed by atoms with E-state index in [4.69, 9.17) is 27.9 Å². The maximum absolute atomic E-state index is 12.6. The Morgan fingerprint density at radius 2 is 1.85 bits per heavy atom. The monoisotopic (exact) mass is 419 g/mol. The number of halogens is 5. The second kappa shape index (κ2) is 8.27. The molecule has 1 aliphatic carbocycles. The fourth-order valence-electron chi connectivity index (χ4n) is 2.80. The molecule has 2 unspecified atom stereocenters. The van der Waals surface area contributed by atoms with Crippen LogP contribution in [-0.4, -0.2) is 23.9 Å². The molecule has 1 fully saturated rings. The van der Waals surface area contributed by atoms with Crippen molar-refractivity contribution in [1.29, 1.82) is 0 Å². The smallest absolute Gasteiger partial charge is 0.415 e. The molecule has 2 aromatic carbocycles. The molecular formula is C19H18Cl2F3NO2. The number of alkyl halides is 3. The van der Waals surface area contributed by atoms with Gasteiger partial charge in [-0.05, 0) is 48.6 Å². The molecule has 0 heterocycles. The summed E-state index contributed by atoms with van der Waals surface area (Å²) in [5.41, 5.74) is 0.794. The van der Waals surface area contributed by atoms with Crippen molar-refractivity contribution < 1.29 is 23.0 Å². The van der Waals surface area contributed by atoms with E-state index >= 15 is 0 Å². The zero-order chi connectivity index (χ0) is 19.6. The number of aliphatic hydroxyl groups excluding tert-OH is 1. The lowest BCUT2D eigenvalue weighted by Crippen LogP contribution is -2.40. The van der Waals surface area contributed by atoms with Crippen LogP contribution in [0, 0.1) is 5.92 Å². The zero-order valence-electron chi connectivity index (χ0n) is 14.1. The third kappa shape index (κ3) is 5.29. The molecule has 3 nitrogen and oxygen atoms in total. The number of rotatable bonds is 7. The van der Waals surface area contributed by atoms with Crippen LogP contribution in [0.3, 0.4) is 0 Å². The van der Waals surface area contributed by atoms with E-state index in [0.29, 0.717) is 16.5 Å². The molecule has 0 bridgehead atoms. The van der Waals surface area contributed by atoms with Crippen molar-refractivity contribution in [2.24, 2.45) is 5.92 Å². The van der Waals surface area contributed by atoms with Gasteiger partial charge in [-0.25, -0.2) is 0 Å². The molecule has 2 atom stereocenters. The zero-order valence-corrected chi connectivity index (χ0v) is 15.7. The van der Waals surface area contributed by atoms with Gasteiger partial charge in [-0.2, -0.15) is 13.2 Å². The molecule has 8 heteroatoms. The minimum atomic E-state index is -4.64. The first-order valence-electron chi connectivity index (χ1n) is 8.45. The summed E-state index contributed by atoms with van der Waals surface area (Å²) in [5.74, 6) is 1.13. The Hall–Kier alpha value is -1.47. The van der Waals surface area contributed by atoms with Crippen molar-refractivity contribution in [3.05, 3.63) is 58.1 Å². The second-order valence-electron chi connectivity index (χ2n) is 6.51. The summed E-state index contributed by atoms with van der Waals surface area (Å²) in [4.78, 5) is 0. The van der Waals surface area contributed by atoms with Crippen molar-refractivity contribution in [1.82, 2.24) is 5.32 Å². The van der Waals surface area contributed by atoms with E-state index in [1.54, 1.807) is 36.4 Å². The van der Waals surface area contributed by atoms with Crippen LogP contribution in [0.2, 0.25) is 10.0 Å². The Morgan fingerprint density at radius 1 is 1.15 bits per heavy atom. The second-order valence-corrected chi connectivity index (χ2v) is 7.29. The molecule has 27 heavy (non-hydrogen) atoms. The third-order valence-corrected chi connectivity index (χ3v) is 5.17. The van der Waals surface area contributed by atoms with Crippen molar-refractivity contribution >= 4 is 23.2 Å². The van der Waals surface area contributed by atoms with Crippen molar-refractivity contribution in [3.63, 3.8) is 0 Å². The average Bonchev–Trinajstić information content (AvgIpc) is 3.44. The Kier molecular flexibility index (Phi) is 6.21. The van der Waals surface area contributed by atoms with Crippen LogP contribution in [0.1, 0.15) is 24.4 Å². The highest BCUT2D eigenvalue weighted by molar-refractivity contribution is 6.42. The summed E-state index contributed by atoms with van der Waals surface area (Å²) in [5, 5.41) is 12.7. The highest BCUT2D eigenvalue weighted by atomic mass is 35.5. The maximum Gasteiger partial charge on any atom is 0.415 e. The molecular weight excluding hydrogens is 402 g/mol. The van der Waals surface area contributed by atoms with Gasteiger partial charge in [0.05, 0.1) is 5.02 Å². The summed E-state index contributed by atoms with van der Waals surface area (Å²) in [6.07, 6.45) is -5.20. The molecule has 0 aliphatic heterocycles. The Morgan fingerprint density at radius 3 is 2.52 bits per heavy atom. The fraction of sp³-hybridized carbons (Fsp3) is 0.368. The number of ether oxygens (including phenoxy) is 1. The van der Waals surface area contributed by atoms with Crippen molar-refractivity contribution in [2.75, 3.05) is 6.54 Å². The summed E-state index contributed by atoms with van der Waals surface area (Å²) in [6, 6.07) is 11.8. The molecule has 0 radical (unpaired) electrons. The van der Waals surface area contributed by atoms with Crippen molar-refractivity contribution in [2.45, 2.75) is 31.2 Å². The standard InChI is InChI=1S/C19H18Cl2F3NO2/c20-14-5-2-6-15(17(14)21)27-13-4-1-3-12(9-13)18(11-7-8-11)25-10-16(26)19(22,23)24/h1-6,9,11,16,18,25-26H,7-8,10H2. The highest BCUT2D eigenvalue weighted by Gasteiger charge is 2.40. The minimum Gasteiger partial charge on any atom is -0.456 e. The van der Waals surface area contributed by atoms with Gasteiger partial charge in [-0.3, -0.25) is 0 Å². The van der Waals surface area contributed by atoms with Gasteiger partial charge in [0.25, 0.3) is 0 Å². The van der Waals surface area contributed by atoms with Crippen LogP contribution < -0.4 is 10.1 Å². The van der Waals surface area contributed by atoms with Crippen molar-refractivity contribution in [3.8, 4) is 11.5 Å². The molecule has 3 rings (SSSR count). The fourth-order valence-corrected chi connectivity index (χ4v) is 3.13. The lowest BCUT2D eigenvalue weighted by atomic mass is 10.0. The van der Waals surface area contributed by atoms with Gasteiger partial charge in [-0.1, -0.05) is 41.4 Å². The first-order valence-corrected chi connectivity index (χ1v) is 9.21. The van der Waals surface area contributed by atoms with Gasteiger partial charge >= 0.3 is 6.18 Å². The van der Waals surface area contributed by atoms with Crippen LogP contribution in [0.4, 0.5) is 13.2 Å². The number of aliphatic hydroxyl groups is 1. The van der Waals surface area contributed by atoms with Crippen LogP contribution >= 0.6 is 23.2 Å². The third-order valence-electron chi connectivity index (χ3n) is 4.36. The molecule has 0 spiro atoms. The molecule has 2 N–H and O–H groups in total. The van der Waals surface area contributed by atoms with E-state index in [-0.39, 0.29) is 17.0 Å². The quantitative estimate of drug-likeness (QED) is 0.600. The van der Waals surface area contributed by atoms with E-state index in [9.17, 15) is 18.3 Å². The van der Waals surface area contributed by atoms with E-state index in [2.05, 4.69) is 5.32 Å². The van der Waals surface area contributed by atoms with Gasteiger partial charge < -0.3 is 15.2 Å². The van der Waals surface area contributed by atoms with Crippen LogP contribution in [0.5, 0.6) is 11.5 Å². The Bertz CT molecular complexity index is 797. The Balaban J connectivity index is 1.75. The van der Waals surface area contributed by atoms with Gasteiger partial charge in [0.1, 0.15) is 16.5 Å². The molecule has 1 aliphatic rings. The lowest BCUT2D eigenvalue weighted by Gasteiger charge is -2.22. The summed E-state index contributed by atoms with van der Waals surface area (Å²) in [6.45, 7) is -0.560. The first kappa shape index (κ1) is 20.3. The molecule has 0 saturated heterocycles. The molecule has 0 aromatic heterocycles. The molecule has 2 aromatic rings. The molecule has 0 amide bonds. The van der Waals surface area contributed by atoms with E-state index < -0.39 is 18.8 Å². The average molecular weight is 420 g/mol. The largest absolute Gasteiger partial charge is 0.456 e. The van der Waals surface area contributed by atoms with E-state index in [1.807, 2.05) is 6.07 Å². The highest BCUT2D eigenvalue weighted by Crippen LogP contribution is 2.42. The number of benzene rings is 2. The summed E-state index contributed by atoms with van der Waals surface area (Å²) < 4.78 is 43.5. The predicted molar refractivity (Wildman–Crippen MR) is 98.5 cm³/mol. The number of hydrogen-bond acceptors (Lipinski definition) is 3. The summed E-state index contributed by atoms with van der Waals surface area (Å²) >= 11 is 12.1. The minimum absolute atomic E-state index is 0.232. The van der Waals surface area contributed by atoms with Crippen LogP contribution in [-0.2, 0) is 0 Å². The van der Waals surface area contributed by atoms with Gasteiger partial charge in [0, 0.05) is 12.6 Å². The van der Waals surface area contributed by atoms with Gasteiger partial charge in [0.15, 0.2) is 6.10 Å². The number of nitrogens with one attached hydrogen (secondary N) is 1. The molecule has 1 saturated carbocycles. The maximum atomic E-state index is 12.6. The lowest BCUT2D eigenvalue weighted by molar-refractivity contribution is -0.202. The predicted octanol–water partition coefficient (Wildman–Crippen LogP) is 5.75. The van der Waals surface area contributed by atoms with Crippen LogP contribution in [0.25, 0.3) is 0 Å². The Labute approximate surface area is 165 Å². The SMILES string of the molecule is OC(CNC(c1cccc(Oc2cccc(Cl)c2Cl)c1)C1CC1)C(F)(F)F. The van der Waals surface area contributed by atoms with Crippen LogP contribution in [0.15, 0.2) is 42.5 Å². The number of hydrogen-bond donors (Lipinski definition) is 2. The first-order chi connectivity index (χ1) is 12.8. The molecule has 146 valence electrons. The topological polar surface area (TPSA) is 41.5 Å². The van der Waals surface area contributed by atoms with E-state index in [1.165, 1.54) is 0 Å². The van der Waals surface area contributed by atoms with E-state index in [0.717, 1.165) is 18.4 Å². The normalized spacial score (nSPS) is 16.8. The van der Waals surface area contributed by atoms with Gasteiger partial charge in [0.2, 0.25) is 0 Å².